The Morgan fingerprint density at radius 3 is 2.67 bits per heavy atom. The summed E-state index contributed by atoms with van der Waals surface area (Å²) in [6, 6.07) is 7.48. The maximum Gasteiger partial charge on any atom is 0.223 e. The van der Waals surface area contributed by atoms with Gasteiger partial charge >= 0.3 is 0 Å². The van der Waals surface area contributed by atoms with Gasteiger partial charge in [0.2, 0.25) is 5.91 Å². The minimum atomic E-state index is 0.145. The molecule has 1 aliphatic carbocycles. The SMILES string of the molecule is COc1ccccc1OCCNC(=O)[C@H]1C[C@H]1C. The van der Waals surface area contributed by atoms with Crippen LogP contribution in [0.25, 0.3) is 0 Å². The number of nitrogens with one attached hydrogen (secondary N) is 1. The van der Waals surface area contributed by atoms with Crippen LogP contribution >= 0.6 is 0 Å². The summed E-state index contributed by atoms with van der Waals surface area (Å²) in [4.78, 5) is 11.6. The molecular formula is C14H19NO3. The Bertz CT molecular complexity index is 419. The first-order valence-corrected chi connectivity index (χ1v) is 6.26. The van der Waals surface area contributed by atoms with Crippen LogP contribution in [0.4, 0.5) is 0 Å². The molecule has 0 aromatic heterocycles. The van der Waals surface area contributed by atoms with Crippen molar-refractivity contribution in [3.8, 4) is 11.5 Å². The zero-order valence-corrected chi connectivity index (χ0v) is 10.8. The molecule has 1 aliphatic rings. The number of para-hydroxylation sites is 2. The van der Waals surface area contributed by atoms with Crippen LogP contribution < -0.4 is 14.8 Å². The van der Waals surface area contributed by atoms with Crippen molar-refractivity contribution in [2.24, 2.45) is 11.8 Å². The van der Waals surface area contributed by atoms with E-state index in [1.54, 1.807) is 7.11 Å². The molecule has 2 rings (SSSR count). The highest BCUT2D eigenvalue weighted by Crippen LogP contribution is 2.37. The summed E-state index contributed by atoms with van der Waals surface area (Å²) in [5.74, 6) is 2.32. The Balaban J connectivity index is 1.70. The molecule has 1 aromatic carbocycles. The first-order valence-electron chi connectivity index (χ1n) is 6.26. The molecule has 0 aliphatic heterocycles. The Morgan fingerprint density at radius 1 is 1.39 bits per heavy atom. The molecule has 1 fully saturated rings. The molecule has 0 unspecified atom stereocenters. The molecule has 0 bridgehead atoms. The fourth-order valence-electron chi connectivity index (χ4n) is 1.89. The summed E-state index contributed by atoms with van der Waals surface area (Å²) in [7, 11) is 1.61. The van der Waals surface area contributed by atoms with Crippen molar-refractivity contribution in [1.82, 2.24) is 5.32 Å². The predicted molar refractivity (Wildman–Crippen MR) is 68.8 cm³/mol. The predicted octanol–water partition coefficient (Wildman–Crippen LogP) is 1.85. The standard InChI is InChI=1S/C14H19NO3/c1-10-9-11(10)14(16)15-7-8-18-13-6-4-3-5-12(13)17-2/h3-6,10-11H,7-9H2,1-2H3,(H,15,16)/t10-,11+/m1/s1. The Kier molecular flexibility index (Phi) is 4.07. The molecule has 0 heterocycles. The number of carbonyl (C=O) groups is 1. The summed E-state index contributed by atoms with van der Waals surface area (Å²) in [5.41, 5.74) is 0. The van der Waals surface area contributed by atoms with Crippen molar-refractivity contribution in [3.63, 3.8) is 0 Å². The smallest absolute Gasteiger partial charge is 0.223 e. The van der Waals surface area contributed by atoms with E-state index in [1.807, 2.05) is 24.3 Å². The minimum absolute atomic E-state index is 0.145. The maximum absolute atomic E-state index is 11.6. The first-order chi connectivity index (χ1) is 8.72. The number of methoxy groups -OCH3 is 1. The van der Waals surface area contributed by atoms with E-state index in [0.29, 0.717) is 30.6 Å². The van der Waals surface area contributed by atoms with Crippen LogP contribution in [0.1, 0.15) is 13.3 Å². The Morgan fingerprint density at radius 2 is 2.06 bits per heavy atom. The summed E-state index contributed by atoms with van der Waals surface area (Å²) < 4.78 is 10.7. The van der Waals surface area contributed by atoms with Crippen molar-refractivity contribution >= 4 is 5.91 Å². The molecule has 1 aromatic rings. The lowest BCUT2D eigenvalue weighted by Gasteiger charge is -2.10. The third-order valence-electron chi connectivity index (χ3n) is 3.17. The molecule has 18 heavy (non-hydrogen) atoms. The van der Waals surface area contributed by atoms with E-state index >= 15 is 0 Å². The van der Waals surface area contributed by atoms with Crippen LogP contribution in [0.15, 0.2) is 24.3 Å². The van der Waals surface area contributed by atoms with Crippen LogP contribution in [0.2, 0.25) is 0 Å². The van der Waals surface area contributed by atoms with Gasteiger partial charge in [-0.05, 0) is 24.5 Å². The van der Waals surface area contributed by atoms with Gasteiger partial charge in [0.05, 0.1) is 13.7 Å². The summed E-state index contributed by atoms with van der Waals surface area (Å²) in [6.45, 7) is 3.07. The van der Waals surface area contributed by atoms with E-state index < -0.39 is 0 Å². The monoisotopic (exact) mass is 249 g/mol. The molecule has 98 valence electrons. The average Bonchev–Trinajstić information content (AvgIpc) is 3.12. The second-order valence-electron chi connectivity index (χ2n) is 4.61. The molecule has 1 N–H and O–H groups in total. The van der Waals surface area contributed by atoms with E-state index in [2.05, 4.69) is 12.2 Å². The van der Waals surface area contributed by atoms with Gasteiger partial charge in [-0.2, -0.15) is 0 Å². The van der Waals surface area contributed by atoms with Crippen molar-refractivity contribution in [2.75, 3.05) is 20.3 Å². The van der Waals surface area contributed by atoms with Crippen LogP contribution in [0, 0.1) is 11.8 Å². The van der Waals surface area contributed by atoms with Gasteiger partial charge in [0.15, 0.2) is 11.5 Å². The van der Waals surface area contributed by atoms with Crippen LogP contribution in [-0.4, -0.2) is 26.2 Å². The topological polar surface area (TPSA) is 47.6 Å². The van der Waals surface area contributed by atoms with Crippen molar-refractivity contribution < 1.29 is 14.3 Å². The van der Waals surface area contributed by atoms with Crippen molar-refractivity contribution in [2.45, 2.75) is 13.3 Å². The molecule has 0 saturated heterocycles. The summed E-state index contributed by atoms with van der Waals surface area (Å²) >= 11 is 0. The fourth-order valence-corrected chi connectivity index (χ4v) is 1.89. The largest absolute Gasteiger partial charge is 0.493 e. The number of carbonyl (C=O) groups excluding carboxylic acids is 1. The van der Waals surface area contributed by atoms with Gasteiger partial charge in [-0.1, -0.05) is 19.1 Å². The van der Waals surface area contributed by atoms with Crippen molar-refractivity contribution in [1.29, 1.82) is 0 Å². The lowest BCUT2D eigenvalue weighted by atomic mass is 10.3. The lowest BCUT2D eigenvalue weighted by Crippen LogP contribution is -2.29. The third kappa shape index (κ3) is 3.15. The number of ether oxygens (including phenoxy) is 2. The van der Waals surface area contributed by atoms with Gasteiger partial charge in [-0.3, -0.25) is 4.79 Å². The highest BCUT2D eigenvalue weighted by Gasteiger charge is 2.38. The molecule has 4 nitrogen and oxygen atoms in total. The van der Waals surface area contributed by atoms with Crippen molar-refractivity contribution in [3.05, 3.63) is 24.3 Å². The number of amides is 1. The Labute approximate surface area is 107 Å². The first kappa shape index (κ1) is 12.7. The van der Waals surface area contributed by atoms with E-state index in [4.69, 9.17) is 9.47 Å². The molecule has 4 heteroatoms. The molecule has 1 amide bonds. The van der Waals surface area contributed by atoms with Gasteiger partial charge < -0.3 is 14.8 Å². The average molecular weight is 249 g/mol. The second-order valence-corrected chi connectivity index (χ2v) is 4.61. The van der Waals surface area contributed by atoms with Gasteiger partial charge in [0.1, 0.15) is 6.61 Å². The van der Waals surface area contributed by atoms with Gasteiger partial charge in [0.25, 0.3) is 0 Å². The zero-order chi connectivity index (χ0) is 13.0. The van der Waals surface area contributed by atoms with Crippen LogP contribution in [0.5, 0.6) is 11.5 Å². The second kappa shape index (κ2) is 5.76. The molecule has 1 saturated carbocycles. The lowest BCUT2D eigenvalue weighted by molar-refractivity contribution is -0.122. The number of benzene rings is 1. The van der Waals surface area contributed by atoms with E-state index in [0.717, 1.165) is 6.42 Å². The normalized spacial score (nSPS) is 21.2. The molecule has 2 atom stereocenters. The number of rotatable bonds is 6. The fraction of sp³-hybridized carbons (Fsp3) is 0.500. The molecule has 0 radical (unpaired) electrons. The van der Waals surface area contributed by atoms with Gasteiger partial charge in [-0.15, -0.1) is 0 Å². The van der Waals surface area contributed by atoms with Gasteiger partial charge in [0, 0.05) is 5.92 Å². The highest BCUT2D eigenvalue weighted by atomic mass is 16.5. The highest BCUT2D eigenvalue weighted by molar-refractivity contribution is 5.81. The van der Waals surface area contributed by atoms with Gasteiger partial charge in [-0.25, -0.2) is 0 Å². The Hall–Kier alpha value is -1.71. The van der Waals surface area contributed by atoms with Crippen LogP contribution in [-0.2, 0) is 4.79 Å². The summed E-state index contributed by atoms with van der Waals surface area (Å²) in [6.07, 6.45) is 1.01. The maximum atomic E-state index is 11.6. The van der Waals surface area contributed by atoms with Crippen LogP contribution in [0.3, 0.4) is 0 Å². The third-order valence-corrected chi connectivity index (χ3v) is 3.17. The van der Waals surface area contributed by atoms with E-state index in [-0.39, 0.29) is 11.8 Å². The summed E-state index contributed by atoms with van der Waals surface area (Å²) in [5, 5.41) is 2.88. The molecular weight excluding hydrogens is 230 g/mol. The van der Waals surface area contributed by atoms with E-state index in [9.17, 15) is 4.79 Å². The molecule has 0 spiro atoms. The number of hydrogen-bond acceptors (Lipinski definition) is 3. The number of hydrogen-bond donors (Lipinski definition) is 1. The van der Waals surface area contributed by atoms with E-state index in [1.165, 1.54) is 0 Å². The minimum Gasteiger partial charge on any atom is -0.493 e. The zero-order valence-electron chi connectivity index (χ0n) is 10.8. The quantitative estimate of drug-likeness (QED) is 0.783.